The smallest absolute Gasteiger partial charge is 0.265 e. The molecule has 1 aromatic heterocycles. The van der Waals surface area contributed by atoms with Crippen LogP contribution in [0.3, 0.4) is 0 Å². The van der Waals surface area contributed by atoms with Crippen LogP contribution in [0.1, 0.15) is 5.56 Å². The van der Waals surface area contributed by atoms with E-state index < -0.39 is 15.9 Å². The Morgan fingerprint density at radius 3 is 2.69 bits per heavy atom. The predicted octanol–water partition coefficient (Wildman–Crippen LogP) is 0.218. The average Bonchev–Trinajstić information content (AvgIpc) is 2.01. The second-order valence-corrected chi connectivity index (χ2v) is 4.11. The topological polar surface area (TPSA) is 87.5 Å². The van der Waals surface area contributed by atoms with E-state index in [1.54, 1.807) is 0 Å². The van der Waals surface area contributed by atoms with Crippen LogP contribution in [0.2, 0.25) is 0 Å². The summed E-state index contributed by atoms with van der Waals surface area (Å²) in [7, 11) is -3.98. The van der Waals surface area contributed by atoms with E-state index >= 15 is 0 Å². The van der Waals surface area contributed by atoms with Gasteiger partial charge in [-0.15, -0.1) is 0 Å². The molecule has 0 saturated carbocycles. The monoisotopic (exact) mass is 203 g/mol. The van der Waals surface area contributed by atoms with Crippen LogP contribution in [0.4, 0.5) is 0 Å². The highest BCUT2D eigenvalue weighted by Gasteiger charge is 2.07. The van der Waals surface area contributed by atoms with Gasteiger partial charge in [-0.3, -0.25) is 9.54 Å². The quantitative estimate of drug-likeness (QED) is 0.686. The van der Waals surface area contributed by atoms with Gasteiger partial charge in [0.1, 0.15) is 5.75 Å². The zero-order valence-electron chi connectivity index (χ0n) is 6.71. The summed E-state index contributed by atoms with van der Waals surface area (Å²) >= 11 is 0. The zero-order valence-corrected chi connectivity index (χ0v) is 7.53. The molecule has 5 nitrogen and oxygen atoms in total. The lowest BCUT2D eigenvalue weighted by Gasteiger charge is -2.00. The van der Waals surface area contributed by atoms with Crippen molar-refractivity contribution < 1.29 is 18.1 Å². The lowest BCUT2D eigenvalue weighted by atomic mass is 10.2. The van der Waals surface area contributed by atoms with Gasteiger partial charge in [0, 0.05) is 18.0 Å². The van der Waals surface area contributed by atoms with Crippen LogP contribution in [-0.4, -0.2) is 28.8 Å². The molecule has 1 rings (SSSR count). The fourth-order valence-corrected chi connectivity index (χ4v) is 1.33. The zero-order chi connectivity index (χ0) is 9.90. The molecule has 0 fully saturated rings. The summed E-state index contributed by atoms with van der Waals surface area (Å²) in [6.07, 6.45) is 2.81. The average molecular weight is 203 g/mol. The molecule has 0 radical (unpaired) electrons. The lowest BCUT2D eigenvalue weighted by Crippen LogP contribution is -2.06. The van der Waals surface area contributed by atoms with E-state index in [2.05, 4.69) is 4.98 Å². The lowest BCUT2D eigenvalue weighted by molar-refractivity contribution is 0.465. The summed E-state index contributed by atoms with van der Waals surface area (Å²) in [6, 6.07) is 1.36. The molecule has 0 aliphatic heterocycles. The van der Waals surface area contributed by atoms with Crippen molar-refractivity contribution in [2.45, 2.75) is 6.42 Å². The number of pyridine rings is 1. The Bertz CT molecular complexity index is 387. The van der Waals surface area contributed by atoms with E-state index in [0.717, 1.165) is 0 Å². The second kappa shape index (κ2) is 3.71. The molecule has 1 aromatic rings. The first kappa shape index (κ1) is 9.94. The van der Waals surface area contributed by atoms with Crippen molar-refractivity contribution in [3.05, 3.63) is 24.0 Å². The molecule has 0 amide bonds. The molecule has 0 spiro atoms. The van der Waals surface area contributed by atoms with Crippen LogP contribution in [0, 0.1) is 0 Å². The number of rotatable bonds is 3. The minimum absolute atomic E-state index is 0.0151. The summed E-state index contributed by atoms with van der Waals surface area (Å²) in [4.78, 5) is 3.71. The molecule has 6 heteroatoms. The van der Waals surface area contributed by atoms with Gasteiger partial charge >= 0.3 is 0 Å². The van der Waals surface area contributed by atoms with Crippen molar-refractivity contribution in [2.24, 2.45) is 0 Å². The molecule has 72 valence electrons. The largest absolute Gasteiger partial charge is 0.508 e. The van der Waals surface area contributed by atoms with Crippen molar-refractivity contribution in [2.75, 3.05) is 5.75 Å². The third kappa shape index (κ3) is 3.39. The Morgan fingerprint density at radius 1 is 1.46 bits per heavy atom. The normalized spacial score (nSPS) is 11.5. The van der Waals surface area contributed by atoms with E-state index in [1.165, 1.54) is 18.5 Å². The van der Waals surface area contributed by atoms with E-state index in [1.807, 2.05) is 0 Å². The highest BCUT2D eigenvalue weighted by Crippen LogP contribution is 2.14. The number of hydrogen-bond acceptors (Lipinski definition) is 4. The first-order chi connectivity index (χ1) is 5.99. The number of hydrogen-bond donors (Lipinski definition) is 2. The van der Waals surface area contributed by atoms with Crippen molar-refractivity contribution in [3.8, 4) is 5.75 Å². The standard InChI is InChI=1S/C7H9NO4S/c9-7-1-3-8-5-6(7)2-4-13(10,11)12/h1,3,5H,2,4H2,(H,8,9)(H,10,11,12). The van der Waals surface area contributed by atoms with Crippen LogP contribution in [0.15, 0.2) is 18.5 Å². The highest BCUT2D eigenvalue weighted by atomic mass is 32.2. The number of aromatic nitrogens is 1. The maximum absolute atomic E-state index is 10.4. The minimum Gasteiger partial charge on any atom is -0.508 e. The number of aromatic hydroxyl groups is 1. The van der Waals surface area contributed by atoms with Gasteiger partial charge in [0.2, 0.25) is 0 Å². The molecule has 1 heterocycles. The summed E-state index contributed by atoms with van der Waals surface area (Å²) in [5.41, 5.74) is 0.403. The van der Waals surface area contributed by atoms with Crippen molar-refractivity contribution in [1.82, 2.24) is 4.98 Å². The van der Waals surface area contributed by atoms with E-state index in [4.69, 9.17) is 4.55 Å². The maximum Gasteiger partial charge on any atom is 0.265 e. The Morgan fingerprint density at radius 2 is 2.15 bits per heavy atom. The molecule has 2 N–H and O–H groups in total. The summed E-state index contributed by atoms with van der Waals surface area (Å²) in [6.45, 7) is 0. The maximum atomic E-state index is 10.4. The molecule has 0 aliphatic carbocycles. The Balaban J connectivity index is 2.71. The van der Waals surface area contributed by atoms with Gasteiger partial charge in [0.05, 0.1) is 5.75 Å². The van der Waals surface area contributed by atoms with Gasteiger partial charge in [-0.05, 0) is 12.5 Å². The van der Waals surface area contributed by atoms with Crippen LogP contribution in [-0.2, 0) is 16.5 Å². The van der Waals surface area contributed by atoms with Gasteiger partial charge in [-0.1, -0.05) is 0 Å². The molecule has 0 unspecified atom stereocenters. The van der Waals surface area contributed by atoms with E-state index in [-0.39, 0.29) is 12.2 Å². The van der Waals surface area contributed by atoms with Crippen LogP contribution in [0.25, 0.3) is 0 Å². The van der Waals surface area contributed by atoms with Crippen LogP contribution in [0.5, 0.6) is 5.75 Å². The Kier molecular flexibility index (Phi) is 2.84. The van der Waals surface area contributed by atoms with Gasteiger partial charge in [0.25, 0.3) is 10.1 Å². The van der Waals surface area contributed by atoms with Gasteiger partial charge in [-0.25, -0.2) is 0 Å². The SMILES string of the molecule is O=S(=O)(O)CCc1cnccc1O. The fraction of sp³-hybridized carbons (Fsp3) is 0.286. The molecule has 13 heavy (non-hydrogen) atoms. The van der Waals surface area contributed by atoms with Gasteiger partial charge < -0.3 is 5.11 Å². The van der Waals surface area contributed by atoms with E-state index in [0.29, 0.717) is 5.56 Å². The Hall–Kier alpha value is -1.14. The van der Waals surface area contributed by atoms with Gasteiger partial charge in [0.15, 0.2) is 0 Å². The highest BCUT2D eigenvalue weighted by molar-refractivity contribution is 7.85. The summed E-state index contributed by atoms with van der Waals surface area (Å²) in [5.74, 6) is -0.426. The van der Waals surface area contributed by atoms with Crippen LogP contribution < -0.4 is 0 Å². The Labute approximate surface area is 75.8 Å². The predicted molar refractivity (Wildman–Crippen MR) is 46.0 cm³/mol. The minimum atomic E-state index is -3.98. The second-order valence-electron chi connectivity index (χ2n) is 2.54. The molecule has 0 saturated heterocycles. The van der Waals surface area contributed by atoms with Gasteiger partial charge in [-0.2, -0.15) is 8.42 Å². The molecular formula is C7H9NO4S. The summed E-state index contributed by atoms with van der Waals surface area (Å²) < 4.78 is 29.2. The molecule has 0 bridgehead atoms. The first-order valence-electron chi connectivity index (χ1n) is 3.56. The number of nitrogens with zero attached hydrogens (tertiary/aromatic N) is 1. The number of aryl methyl sites for hydroxylation is 1. The van der Waals surface area contributed by atoms with Crippen molar-refractivity contribution in [1.29, 1.82) is 0 Å². The van der Waals surface area contributed by atoms with Crippen LogP contribution >= 0.6 is 0 Å². The molecule has 0 aliphatic rings. The van der Waals surface area contributed by atoms with E-state index in [9.17, 15) is 13.5 Å². The fourth-order valence-electron chi connectivity index (χ4n) is 0.851. The third-order valence-corrected chi connectivity index (χ3v) is 2.23. The van der Waals surface area contributed by atoms with Crippen molar-refractivity contribution >= 4 is 10.1 Å². The first-order valence-corrected chi connectivity index (χ1v) is 5.17. The molecule has 0 aromatic carbocycles. The molecule has 0 atom stereocenters. The molecular weight excluding hydrogens is 194 g/mol. The summed E-state index contributed by atoms with van der Waals surface area (Å²) in [5, 5.41) is 9.19. The van der Waals surface area contributed by atoms with Crippen molar-refractivity contribution in [3.63, 3.8) is 0 Å². The third-order valence-electron chi connectivity index (χ3n) is 1.51.